The van der Waals surface area contributed by atoms with E-state index in [1.165, 1.54) is 11.1 Å². The third kappa shape index (κ3) is 2.56. The molecule has 1 saturated heterocycles. The molecule has 6 heteroatoms. The van der Waals surface area contributed by atoms with Crippen molar-refractivity contribution in [1.82, 2.24) is 9.88 Å². The van der Waals surface area contributed by atoms with Crippen LogP contribution in [0.3, 0.4) is 0 Å². The van der Waals surface area contributed by atoms with Gasteiger partial charge in [0, 0.05) is 24.2 Å². The third-order valence-electron chi connectivity index (χ3n) is 3.60. The van der Waals surface area contributed by atoms with Gasteiger partial charge in [0.1, 0.15) is 10.7 Å². The summed E-state index contributed by atoms with van der Waals surface area (Å²) in [6.07, 6.45) is 3.18. The summed E-state index contributed by atoms with van der Waals surface area (Å²) >= 11 is 1.76. The standard InChI is InChI=1S/C13H18N4OS/c14-7-9-1-2-10-13(12(9)15)16-11(19-10)8-17-3-5-18-6-4-17/h7,14H,1-6,8,15H2. The second-order valence-electron chi connectivity index (χ2n) is 4.85. The minimum atomic E-state index is 0.695. The predicted molar refractivity (Wildman–Crippen MR) is 76.4 cm³/mol. The Labute approximate surface area is 116 Å². The van der Waals surface area contributed by atoms with E-state index < -0.39 is 0 Å². The minimum Gasteiger partial charge on any atom is -0.397 e. The number of allylic oxidation sites excluding steroid dienone is 1. The first kappa shape index (κ1) is 12.8. The van der Waals surface area contributed by atoms with Crippen molar-refractivity contribution in [3.05, 3.63) is 21.2 Å². The summed E-state index contributed by atoms with van der Waals surface area (Å²) in [6, 6.07) is 0. The number of hydrogen-bond acceptors (Lipinski definition) is 6. The number of hydrogen-bond donors (Lipinski definition) is 2. The Hall–Kier alpha value is -1.24. The van der Waals surface area contributed by atoms with E-state index in [0.29, 0.717) is 5.70 Å². The van der Waals surface area contributed by atoms with Gasteiger partial charge in [-0.15, -0.1) is 11.3 Å². The third-order valence-corrected chi connectivity index (χ3v) is 4.70. The predicted octanol–water partition coefficient (Wildman–Crippen LogP) is 1.24. The second kappa shape index (κ2) is 5.40. The minimum absolute atomic E-state index is 0.695. The van der Waals surface area contributed by atoms with Gasteiger partial charge in [-0.1, -0.05) is 0 Å². The lowest BCUT2D eigenvalue weighted by atomic mass is 10.00. The maximum absolute atomic E-state index is 7.37. The first-order valence-electron chi connectivity index (χ1n) is 6.56. The molecule has 102 valence electrons. The van der Waals surface area contributed by atoms with E-state index in [9.17, 15) is 0 Å². The molecular formula is C13H18N4OS. The summed E-state index contributed by atoms with van der Waals surface area (Å²) < 4.78 is 5.35. The van der Waals surface area contributed by atoms with Crippen molar-refractivity contribution < 1.29 is 4.74 Å². The van der Waals surface area contributed by atoms with Gasteiger partial charge >= 0.3 is 0 Å². The Morgan fingerprint density at radius 2 is 2.16 bits per heavy atom. The molecule has 1 aliphatic carbocycles. The van der Waals surface area contributed by atoms with Gasteiger partial charge in [-0.05, 0) is 18.4 Å². The smallest absolute Gasteiger partial charge is 0.108 e. The van der Waals surface area contributed by atoms with E-state index in [1.54, 1.807) is 11.3 Å². The highest BCUT2D eigenvalue weighted by molar-refractivity contribution is 7.11. The van der Waals surface area contributed by atoms with Crippen LogP contribution < -0.4 is 5.73 Å². The molecule has 0 radical (unpaired) electrons. The molecular weight excluding hydrogens is 260 g/mol. The molecule has 0 unspecified atom stereocenters. The number of aryl methyl sites for hydroxylation is 1. The molecule has 1 aromatic heterocycles. The number of ether oxygens (including phenoxy) is 1. The number of fused-ring (bicyclic) bond motifs is 1. The normalized spacial score (nSPS) is 20.4. The molecule has 0 atom stereocenters. The highest BCUT2D eigenvalue weighted by atomic mass is 32.1. The molecule has 19 heavy (non-hydrogen) atoms. The Balaban J connectivity index is 1.79. The highest BCUT2D eigenvalue weighted by Gasteiger charge is 2.21. The van der Waals surface area contributed by atoms with Crippen molar-refractivity contribution in [2.24, 2.45) is 5.73 Å². The molecule has 0 aromatic carbocycles. The van der Waals surface area contributed by atoms with Crippen molar-refractivity contribution in [1.29, 1.82) is 5.41 Å². The molecule has 1 aliphatic heterocycles. The van der Waals surface area contributed by atoms with Gasteiger partial charge in [0.25, 0.3) is 0 Å². The SMILES string of the molecule is N=CC1=C(N)c2nc(CN3CCOCC3)sc2CC1. The first-order valence-corrected chi connectivity index (χ1v) is 7.37. The molecule has 3 rings (SSSR count). The van der Waals surface area contributed by atoms with Crippen LogP contribution in [0, 0.1) is 5.41 Å². The largest absolute Gasteiger partial charge is 0.397 e. The summed E-state index contributed by atoms with van der Waals surface area (Å²) in [6.45, 7) is 4.45. The number of aromatic nitrogens is 1. The Morgan fingerprint density at radius 3 is 2.89 bits per heavy atom. The Morgan fingerprint density at radius 1 is 1.37 bits per heavy atom. The number of nitrogens with zero attached hydrogens (tertiary/aromatic N) is 2. The summed E-state index contributed by atoms with van der Waals surface area (Å²) in [5.74, 6) is 0. The fourth-order valence-corrected chi connectivity index (χ4v) is 3.61. The average Bonchev–Trinajstić information content (AvgIpc) is 2.84. The first-order chi connectivity index (χ1) is 9.28. The summed E-state index contributed by atoms with van der Waals surface area (Å²) in [7, 11) is 0. The Kier molecular flexibility index (Phi) is 3.63. The molecule has 0 saturated carbocycles. The lowest BCUT2D eigenvalue weighted by Crippen LogP contribution is -2.35. The van der Waals surface area contributed by atoms with Crippen LogP contribution in [-0.4, -0.2) is 42.4 Å². The quantitative estimate of drug-likeness (QED) is 0.816. The topological polar surface area (TPSA) is 75.2 Å². The zero-order chi connectivity index (χ0) is 13.2. The fraction of sp³-hybridized carbons (Fsp3) is 0.538. The van der Waals surface area contributed by atoms with E-state index in [0.717, 1.165) is 62.0 Å². The van der Waals surface area contributed by atoms with Crippen LogP contribution in [0.15, 0.2) is 5.57 Å². The summed E-state index contributed by atoms with van der Waals surface area (Å²) in [5.41, 5.74) is 8.61. The van der Waals surface area contributed by atoms with Crippen molar-refractivity contribution in [3.8, 4) is 0 Å². The molecule has 2 heterocycles. The number of morpholine rings is 1. The molecule has 0 spiro atoms. The van der Waals surface area contributed by atoms with Gasteiger partial charge in [0.05, 0.1) is 25.5 Å². The zero-order valence-corrected chi connectivity index (χ0v) is 11.6. The average molecular weight is 278 g/mol. The van der Waals surface area contributed by atoms with Gasteiger partial charge in [0.2, 0.25) is 0 Å². The number of thiazole rings is 1. The van der Waals surface area contributed by atoms with E-state index >= 15 is 0 Å². The molecule has 5 nitrogen and oxygen atoms in total. The molecule has 3 N–H and O–H groups in total. The number of rotatable bonds is 3. The summed E-state index contributed by atoms with van der Waals surface area (Å²) in [4.78, 5) is 8.31. The van der Waals surface area contributed by atoms with Crippen molar-refractivity contribution in [3.63, 3.8) is 0 Å². The maximum atomic E-state index is 7.37. The maximum Gasteiger partial charge on any atom is 0.108 e. The van der Waals surface area contributed by atoms with Crippen molar-refractivity contribution >= 4 is 23.2 Å². The van der Waals surface area contributed by atoms with Crippen LogP contribution in [0.5, 0.6) is 0 Å². The lowest BCUT2D eigenvalue weighted by molar-refractivity contribution is 0.0341. The van der Waals surface area contributed by atoms with Gasteiger partial charge in [-0.2, -0.15) is 0 Å². The second-order valence-corrected chi connectivity index (χ2v) is 6.02. The van der Waals surface area contributed by atoms with Gasteiger partial charge < -0.3 is 15.9 Å². The van der Waals surface area contributed by atoms with Gasteiger partial charge in [-0.25, -0.2) is 4.98 Å². The molecule has 2 aliphatic rings. The van der Waals surface area contributed by atoms with Crippen LogP contribution >= 0.6 is 11.3 Å². The van der Waals surface area contributed by atoms with Gasteiger partial charge in [-0.3, -0.25) is 4.90 Å². The van der Waals surface area contributed by atoms with Gasteiger partial charge in [0.15, 0.2) is 0 Å². The summed E-state index contributed by atoms with van der Waals surface area (Å²) in [5, 5.41) is 8.50. The van der Waals surface area contributed by atoms with Crippen LogP contribution in [0.4, 0.5) is 0 Å². The van der Waals surface area contributed by atoms with E-state index in [2.05, 4.69) is 9.88 Å². The van der Waals surface area contributed by atoms with Crippen molar-refractivity contribution in [2.45, 2.75) is 19.4 Å². The van der Waals surface area contributed by atoms with Crippen LogP contribution in [0.2, 0.25) is 0 Å². The lowest BCUT2D eigenvalue weighted by Gasteiger charge is -2.25. The number of nitrogens with one attached hydrogen (secondary N) is 1. The highest BCUT2D eigenvalue weighted by Crippen LogP contribution is 2.31. The zero-order valence-electron chi connectivity index (χ0n) is 10.8. The van der Waals surface area contributed by atoms with Crippen LogP contribution in [0.25, 0.3) is 5.70 Å². The molecule has 0 amide bonds. The Bertz CT molecular complexity index is 517. The molecule has 0 bridgehead atoms. The monoisotopic (exact) mass is 278 g/mol. The fourth-order valence-electron chi connectivity index (χ4n) is 2.48. The van der Waals surface area contributed by atoms with E-state index in [-0.39, 0.29) is 0 Å². The van der Waals surface area contributed by atoms with Crippen LogP contribution in [-0.2, 0) is 17.7 Å². The van der Waals surface area contributed by atoms with Crippen LogP contribution in [0.1, 0.15) is 22.0 Å². The van der Waals surface area contributed by atoms with E-state index in [4.69, 9.17) is 15.9 Å². The molecule has 1 aromatic rings. The molecule has 1 fully saturated rings. The van der Waals surface area contributed by atoms with E-state index in [1.807, 2.05) is 0 Å². The number of nitrogens with two attached hydrogens (primary N) is 1. The van der Waals surface area contributed by atoms with Crippen molar-refractivity contribution in [2.75, 3.05) is 26.3 Å².